The van der Waals surface area contributed by atoms with Crippen molar-refractivity contribution in [3.05, 3.63) is 48.1 Å². The molecule has 3 rings (SSSR count). The van der Waals surface area contributed by atoms with E-state index in [9.17, 15) is 0 Å². The Morgan fingerprint density at radius 2 is 1.94 bits per heavy atom. The van der Waals surface area contributed by atoms with Gasteiger partial charge in [-0.15, -0.1) is 11.3 Å². The van der Waals surface area contributed by atoms with Crippen molar-refractivity contribution >= 4 is 17.2 Å². The molecule has 2 aromatic heterocycles. The Labute approximate surface area is 102 Å². The quantitative estimate of drug-likeness (QED) is 0.751. The van der Waals surface area contributed by atoms with E-state index in [2.05, 4.69) is 9.97 Å². The first kappa shape index (κ1) is 10.0. The van der Waals surface area contributed by atoms with Gasteiger partial charge in [-0.25, -0.2) is 9.97 Å². The highest BCUT2D eigenvalue weighted by molar-refractivity contribution is 7.13. The highest BCUT2D eigenvalue weighted by Crippen LogP contribution is 2.26. The van der Waals surface area contributed by atoms with Crippen LogP contribution in [0.3, 0.4) is 0 Å². The normalized spacial score (nSPS) is 10.6. The molecule has 4 nitrogen and oxygen atoms in total. The zero-order valence-electron chi connectivity index (χ0n) is 8.95. The number of nitrogens with zero attached hydrogens (tertiary/aromatic N) is 3. The summed E-state index contributed by atoms with van der Waals surface area (Å²) in [4.78, 5) is 8.59. The fourth-order valence-corrected chi connectivity index (χ4v) is 2.32. The molecule has 0 aliphatic rings. The van der Waals surface area contributed by atoms with Gasteiger partial charge in [0.1, 0.15) is 5.82 Å². The predicted molar refractivity (Wildman–Crippen MR) is 69.1 cm³/mol. The molecule has 2 heterocycles. The molecule has 0 amide bonds. The van der Waals surface area contributed by atoms with E-state index in [-0.39, 0.29) is 0 Å². The highest BCUT2D eigenvalue weighted by Gasteiger charge is 2.13. The van der Waals surface area contributed by atoms with Crippen molar-refractivity contribution in [3.8, 4) is 16.5 Å². The lowest BCUT2D eigenvalue weighted by atomic mass is 10.3. The fourth-order valence-electron chi connectivity index (χ4n) is 1.70. The van der Waals surface area contributed by atoms with Crippen molar-refractivity contribution in [1.82, 2.24) is 14.5 Å². The second-order valence-corrected chi connectivity index (χ2v) is 4.41. The van der Waals surface area contributed by atoms with Gasteiger partial charge in [-0.05, 0) is 12.1 Å². The molecule has 17 heavy (non-hydrogen) atoms. The number of benzene rings is 1. The Bertz CT molecular complexity index is 613. The van der Waals surface area contributed by atoms with Crippen LogP contribution >= 0.6 is 11.3 Å². The molecular weight excluding hydrogens is 232 g/mol. The lowest BCUT2D eigenvalue weighted by Crippen LogP contribution is -2.01. The number of hydrogen-bond acceptors (Lipinski definition) is 4. The lowest BCUT2D eigenvalue weighted by molar-refractivity contribution is 1.07. The van der Waals surface area contributed by atoms with Crippen molar-refractivity contribution in [1.29, 1.82) is 0 Å². The molecule has 0 saturated heterocycles. The number of nitrogen functional groups attached to an aromatic ring is 1. The molecular formula is C12H10N4S. The minimum atomic E-state index is 0.612. The number of rotatable bonds is 2. The van der Waals surface area contributed by atoms with Crippen molar-refractivity contribution in [2.75, 3.05) is 5.73 Å². The molecule has 0 aliphatic carbocycles. The van der Waals surface area contributed by atoms with Gasteiger partial charge in [-0.2, -0.15) is 0 Å². The van der Waals surface area contributed by atoms with Gasteiger partial charge in [0.2, 0.25) is 0 Å². The number of para-hydroxylation sites is 1. The Kier molecular flexibility index (Phi) is 2.38. The molecule has 0 atom stereocenters. The number of anilines is 1. The number of thiazole rings is 1. The van der Waals surface area contributed by atoms with E-state index < -0.39 is 0 Å². The van der Waals surface area contributed by atoms with Crippen LogP contribution in [0.4, 0.5) is 5.82 Å². The summed E-state index contributed by atoms with van der Waals surface area (Å²) >= 11 is 1.55. The zero-order chi connectivity index (χ0) is 11.7. The molecule has 0 bridgehead atoms. The van der Waals surface area contributed by atoms with Gasteiger partial charge in [0.05, 0.1) is 6.20 Å². The smallest absolute Gasteiger partial charge is 0.175 e. The Balaban J connectivity index is 2.20. The van der Waals surface area contributed by atoms with Gasteiger partial charge >= 0.3 is 0 Å². The number of aromatic nitrogens is 3. The second kappa shape index (κ2) is 4.03. The molecule has 84 valence electrons. The maximum absolute atomic E-state index is 5.96. The minimum Gasteiger partial charge on any atom is -0.383 e. The third-order valence-electron chi connectivity index (χ3n) is 2.43. The Morgan fingerprint density at radius 1 is 1.12 bits per heavy atom. The number of nitrogens with two attached hydrogens (primary N) is 1. The highest BCUT2D eigenvalue weighted by atomic mass is 32.1. The first-order valence-corrected chi connectivity index (χ1v) is 6.03. The van der Waals surface area contributed by atoms with Gasteiger partial charge in [0.15, 0.2) is 10.8 Å². The van der Waals surface area contributed by atoms with Gasteiger partial charge < -0.3 is 5.73 Å². The van der Waals surface area contributed by atoms with E-state index in [1.165, 1.54) is 0 Å². The molecule has 5 heteroatoms. The predicted octanol–water partition coefficient (Wildman–Crippen LogP) is 2.58. The molecule has 0 saturated carbocycles. The van der Waals surface area contributed by atoms with E-state index in [0.717, 1.165) is 16.5 Å². The molecule has 0 unspecified atom stereocenters. The third-order valence-corrected chi connectivity index (χ3v) is 3.20. The van der Waals surface area contributed by atoms with Gasteiger partial charge in [0, 0.05) is 17.3 Å². The summed E-state index contributed by atoms with van der Waals surface area (Å²) in [5.41, 5.74) is 6.95. The van der Waals surface area contributed by atoms with Crippen LogP contribution in [0.15, 0.2) is 48.1 Å². The Morgan fingerprint density at radius 3 is 2.65 bits per heavy atom. The van der Waals surface area contributed by atoms with E-state index in [1.54, 1.807) is 23.7 Å². The maximum atomic E-state index is 5.96. The Hall–Kier alpha value is -2.14. The standard InChI is InChI=1S/C12H10N4S/c13-10-8-15-11(12-14-6-7-17-12)16(10)9-4-2-1-3-5-9/h1-8H,13H2. The fraction of sp³-hybridized carbons (Fsp3) is 0. The van der Waals surface area contributed by atoms with Crippen LogP contribution in [-0.2, 0) is 0 Å². The molecule has 0 aliphatic heterocycles. The summed E-state index contributed by atoms with van der Waals surface area (Å²) in [5.74, 6) is 1.39. The largest absolute Gasteiger partial charge is 0.383 e. The van der Waals surface area contributed by atoms with Crippen LogP contribution in [0.25, 0.3) is 16.5 Å². The number of imidazole rings is 1. The summed E-state index contributed by atoms with van der Waals surface area (Å²) in [6, 6.07) is 9.91. The third kappa shape index (κ3) is 1.70. The molecule has 0 spiro atoms. The molecule has 0 fully saturated rings. The van der Waals surface area contributed by atoms with Crippen molar-refractivity contribution in [2.45, 2.75) is 0 Å². The van der Waals surface area contributed by atoms with E-state index >= 15 is 0 Å². The van der Waals surface area contributed by atoms with Gasteiger partial charge in [-0.3, -0.25) is 4.57 Å². The van der Waals surface area contributed by atoms with Crippen LogP contribution in [0, 0.1) is 0 Å². The van der Waals surface area contributed by atoms with Gasteiger partial charge in [0.25, 0.3) is 0 Å². The first-order valence-electron chi connectivity index (χ1n) is 5.15. The van der Waals surface area contributed by atoms with Crippen molar-refractivity contribution < 1.29 is 0 Å². The SMILES string of the molecule is Nc1cnc(-c2nccs2)n1-c1ccccc1. The van der Waals surface area contributed by atoms with Crippen LogP contribution in [0.2, 0.25) is 0 Å². The average Bonchev–Trinajstić information content (AvgIpc) is 2.98. The van der Waals surface area contributed by atoms with E-state index in [0.29, 0.717) is 5.82 Å². The summed E-state index contributed by atoms with van der Waals surface area (Å²) in [5, 5.41) is 2.79. The monoisotopic (exact) mass is 242 g/mol. The molecule has 3 aromatic rings. The van der Waals surface area contributed by atoms with Crippen LogP contribution in [0.1, 0.15) is 0 Å². The van der Waals surface area contributed by atoms with E-state index in [4.69, 9.17) is 5.73 Å². The second-order valence-electron chi connectivity index (χ2n) is 3.51. The van der Waals surface area contributed by atoms with Crippen molar-refractivity contribution in [3.63, 3.8) is 0 Å². The van der Waals surface area contributed by atoms with Gasteiger partial charge in [-0.1, -0.05) is 18.2 Å². The topological polar surface area (TPSA) is 56.7 Å². The molecule has 2 N–H and O–H groups in total. The zero-order valence-corrected chi connectivity index (χ0v) is 9.76. The van der Waals surface area contributed by atoms with Crippen LogP contribution in [0.5, 0.6) is 0 Å². The van der Waals surface area contributed by atoms with Crippen LogP contribution < -0.4 is 5.73 Å². The van der Waals surface area contributed by atoms with Crippen molar-refractivity contribution in [2.24, 2.45) is 0 Å². The first-order chi connectivity index (χ1) is 8.36. The van der Waals surface area contributed by atoms with E-state index in [1.807, 2.05) is 40.3 Å². The summed E-state index contributed by atoms with van der Waals surface area (Å²) in [6.45, 7) is 0. The molecule has 0 radical (unpaired) electrons. The maximum Gasteiger partial charge on any atom is 0.175 e. The lowest BCUT2D eigenvalue weighted by Gasteiger charge is -2.07. The number of hydrogen-bond donors (Lipinski definition) is 1. The summed E-state index contributed by atoms with van der Waals surface area (Å²) in [6.07, 6.45) is 3.42. The molecule has 1 aromatic carbocycles. The summed E-state index contributed by atoms with van der Waals surface area (Å²) in [7, 11) is 0. The average molecular weight is 242 g/mol. The van der Waals surface area contributed by atoms with Crippen LogP contribution in [-0.4, -0.2) is 14.5 Å². The minimum absolute atomic E-state index is 0.612. The summed E-state index contributed by atoms with van der Waals surface area (Å²) < 4.78 is 1.90.